The number of benzene rings is 2. The summed E-state index contributed by atoms with van der Waals surface area (Å²) >= 11 is 3.40. The van der Waals surface area contributed by atoms with E-state index in [0.29, 0.717) is 34.6 Å². The molecule has 0 spiro atoms. The molecule has 6 nitrogen and oxygen atoms in total. The van der Waals surface area contributed by atoms with Crippen molar-refractivity contribution < 1.29 is 18.7 Å². The third-order valence-corrected chi connectivity index (χ3v) is 5.81. The Hall–Kier alpha value is -2.80. The standard InChI is InChI=1S/C23H22BrNO5/c1-4-5-10-29-17-8-6-13(11-18(17)28-3)20-19-21(26)15-12-14(24)7-9-16(15)30-22(19)23(27)25(20)2/h6-9,11-12,20H,4-5,10H2,1-3H3. The first-order chi connectivity index (χ1) is 14.5. The lowest BCUT2D eigenvalue weighted by molar-refractivity contribution is 0.0771. The van der Waals surface area contributed by atoms with E-state index >= 15 is 0 Å². The van der Waals surface area contributed by atoms with Crippen molar-refractivity contribution in [3.8, 4) is 11.5 Å². The number of fused-ring (bicyclic) bond motifs is 2. The van der Waals surface area contributed by atoms with Crippen molar-refractivity contribution in [2.75, 3.05) is 20.8 Å². The SMILES string of the molecule is CCCCOc1ccc(C2c3c(oc4ccc(Br)cc4c3=O)C(=O)N2C)cc1OC. The van der Waals surface area contributed by atoms with Crippen LogP contribution in [0.4, 0.5) is 0 Å². The number of halogens is 1. The fourth-order valence-corrected chi connectivity index (χ4v) is 4.11. The zero-order valence-corrected chi connectivity index (χ0v) is 18.6. The first-order valence-electron chi connectivity index (χ1n) is 9.80. The highest BCUT2D eigenvalue weighted by atomic mass is 79.9. The third-order valence-electron chi connectivity index (χ3n) is 5.32. The Morgan fingerprint density at radius 1 is 1.13 bits per heavy atom. The maximum absolute atomic E-state index is 13.3. The summed E-state index contributed by atoms with van der Waals surface area (Å²) in [5, 5.41) is 0.433. The van der Waals surface area contributed by atoms with Gasteiger partial charge in [-0.3, -0.25) is 9.59 Å². The molecule has 2 heterocycles. The van der Waals surface area contributed by atoms with Crippen LogP contribution in [0, 0.1) is 0 Å². The number of unbranched alkanes of at least 4 members (excludes halogenated alkanes) is 1. The molecule has 2 aromatic carbocycles. The van der Waals surface area contributed by atoms with E-state index in [-0.39, 0.29) is 17.1 Å². The number of amides is 1. The maximum atomic E-state index is 13.3. The number of hydrogen-bond donors (Lipinski definition) is 0. The Kier molecular flexibility index (Phi) is 5.56. The number of ether oxygens (including phenoxy) is 2. The van der Waals surface area contributed by atoms with Crippen molar-refractivity contribution in [1.29, 1.82) is 0 Å². The Balaban J connectivity index is 1.83. The molecule has 7 heteroatoms. The van der Waals surface area contributed by atoms with Crippen molar-refractivity contribution >= 4 is 32.8 Å². The van der Waals surface area contributed by atoms with Crippen LogP contribution in [0.2, 0.25) is 0 Å². The van der Waals surface area contributed by atoms with Gasteiger partial charge in [0, 0.05) is 11.5 Å². The topological polar surface area (TPSA) is 69.0 Å². The number of nitrogens with zero attached hydrogens (tertiary/aromatic N) is 1. The molecule has 1 aliphatic rings. The molecule has 30 heavy (non-hydrogen) atoms. The zero-order chi connectivity index (χ0) is 21.4. The summed E-state index contributed by atoms with van der Waals surface area (Å²) in [6.07, 6.45) is 1.98. The molecule has 0 aliphatic carbocycles. The van der Waals surface area contributed by atoms with E-state index in [1.54, 1.807) is 32.4 Å². The lowest BCUT2D eigenvalue weighted by atomic mass is 9.98. The molecule has 0 fully saturated rings. The van der Waals surface area contributed by atoms with E-state index in [9.17, 15) is 9.59 Å². The predicted molar refractivity (Wildman–Crippen MR) is 118 cm³/mol. The minimum Gasteiger partial charge on any atom is -0.493 e. The van der Waals surface area contributed by atoms with Crippen LogP contribution in [0.5, 0.6) is 11.5 Å². The summed E-state index contributed by atoms with van der Waals surface area (Å²) in [6, 6.07) is 10.1. The highest BCUT2D eigenvalue weighted by Gasteiger charge is 2.41. The van der Waals surface area contributed by atoms with Gasteiger partial charge in [0.15, 0.2) is 16.9 Å². The molecule has 1 atom stereocenters. The van der Waals surface area contributed by atoms with Gasteiger partial charge in [0.25, 0.3) is 5.91 Å². The van der Waals surface area contributed by atoms with Crippen molar-refractivity contribution in [3.63, 3.8) is 0 Å². The second-order valence-corrected chi connectivity index (χ2v) is 8.16. The van der Waals surface area contributed by atoms with E-state index in [0.717, 1.165) is 22.9 Å². The molecule has 0 radical (unpaired) electrons. The van der Waals surface area contributed by atoms with E-state index in [2.05, 4.69) is 22.9 Å². The Morgan fingerprint density at radius 3 is 2.67 bits per heavy atom. The number of carbonyl (C=O) groups excluding carboxylic acids is 1. The maximum Gasteiger partial charge on any atom is 0.290 e. The van der Waals surface area contributed by atoms with E-state index in [1.807, 2.05) is 18.2 Å². The fourth-order valence-electron chi connectivity index (χ4n) is 3.75. The number of rotatable bonds is 6. The molecule has 0 saturated heterocycles. The van der Waals surface area contributed by atoms with Crippen molar-refractivity contribution in [3.05, 3.63) is 68.0 Å². The average molecular weight is 472 g/mol. The van der Waals surface area contributed by atoms with Gasteiger partial charge in [-0.25, -0.2) is 0 Å². The van der Waals surface area contributed by atoms with Crippen LogP contribution in [0.1, 0.15) is 47.5 Å². The van der Waals surface area contributed by atoms with Crippen molar-refractivity contribution in [2.45, 2.75) is 25.8 Å². The average Bonchev–Trinajstić information content (AvgIpc) is 3.00. The van der Waals surface area contributed by atoms with Crippen molar-refractivity contribution in [1.82, 2.24) is 4.90 Å². The molecule has 1 unspecified atom stereocenters. The molecular weight excluding hydrogens is 450 g/mol. The van der Waals surface area contributed by atoms with E-state index in [4.69, 9.17) is 13.9 Å². The molecule has 1 aromatic heterocycles. The second kappa shape index (κ2) is 8.14. The smallest absolute Gasteiger partial charge is 0.290 e. The number of carbonyl (C=O) groups is 1. The van der Waals surface area contributed by atoms with Gasteiger partial charge in [-0.15, -0.1) is 0 Å². The molecule has 3 aromatic rings. The summed E-state index contributed by atoms with van der Waals surface area (Å²) in [5.74, 6) is 0.964. The molecule has 4 rings (SSSR count). The monoisotopic (exact) mass is 471 g/mol. The van der Waals surface area contributed by atoms with Gasteiger partial charge < -0.3 is 18.8 Å². The second-order valence-electron chi connectivity index (χ2n) is 7.25. The first kappa shape index (κ1) is 20.5. The number of hydrogen-bond acceptors (Lipinski definition) is 5. The lowest BCUT2D eigenvalue weighted by Crippen LogP contribution is -2.25. The normalized spacial score (nSPS) is 15.5. The van der Waals surface area contributed by atoms with Gasteiger partial charge in [0.1, 0.15) is 5.58 Å². The van der Waals surface area contributed by atoms with E-state index < -0.39 is 6.04 Å². The zero-order valence-electron chi connectivity index (χ0n) is 17.0. The fraction of sp³-hybridized carbons (Fsp3) is 0.304. The van der Waals surface area contributed by atoms with Gasteiger partial charge in [-0.05, 0) is 42.3 Å². The van der Waals surface area contributed by atoms with Crippen LogP contribution in [-0.2, 0) is 0 Å². The molecular formula is C23H22BrNO5. The Morgan fingerprint density at radius 2 is 1.93 bits per heavy atom. The number of methoxy groups -OCH3 is 1. The van der Waals surface area contributed by atoms with Gasteiger partial charge in [-0.2, -0.15) is 0 Å². The summed E-state index contributed by atoms with van der Waals surface area (Å²) in [5.41, 5.74) is 1.28. The van der Waals surface area contributed by atoms with Crippen LogP contribution >= 0.6 is 15.9 Å². The molecule has 1 aliphatic heterocycles. The molecule has 0 N–H and O–H groups in total. The van der Waals surface area contributed by atoms with Crippen LogP contribution in [0.3, 0.4) is 0 Å². The molecule has 1 amide bonds. The lowest BCUT2D eigenvalue weighted by Gasteiger charge is -2.21. The Bertz CT molecular complexity index is 1190. The third kappa shape index (κ3) is 3.37. The molecule has 156 valence electrons. The summed E-state index contributed by atoms with van der Waals surface area (Å²) < 4.78 is 17.9. The van der Waals surface area contributed by atoms with Crippen LogP contribution in [-0.4, -0.2) is 31.6 Å². The largest absolute Gasteiger partial charge is 0.493 e. The minimum absolute atomic E-state index is 0.0876. The van der Waals surface area contributed by atoms with Gasteiger partial charge in [-0.1, -0.05) is 35.3 Å². The highest BCUT2D eigenvalue weighted by Crippen LogP contribution is 2.40. The van der Waals surface area contributed by atoms with Crippen LogP contribution in [0.25, 0.3) is 11.0 Å². The van der Waals surface area contributed by atoms with Crippen molar-refractivity contribution in [2.24, 2.45) is 0 Å². The van der Waals surface area contributed by atoms with Crippen LogP contribution in [0.15, 0.2) is 50.1 Å². The Labute approximate surface area is 182 Å². The summed E-state index contributed by atoms with van der Waals surface area (Å²) in [6.45, 7) is 2.70. The van der Waals surface area contributed by atoms with Gasteiger partial charge in [0.05, 0.1) is 30.7 Å². The molecule has 0 saturated carbocycles. The quantitative estimate of drug-likeness (QED) is 0.477. The summed E-state index contributed by atoms with van der Waals surface area (Å²) in [4.78, 5) is 27.7. The van der Waals surface area contributed by atoms with E-state index in [1.165, 1.54) is 4.90 Å². The first-order valence-corrected chi connectivity index (χ1v) is 10.6. The van der Waals surface area contributed by atoms with Crippen LogP contribution < -0.4 is 14.9 Å². The molecule has 0 bridgehead atoms. The summed E-state index contributed by atoms with van der Waals surface area (Å²) in [7, 11) is 3.24. The van der Waals surface area contributed by atoms with Gasteiger partial charge >= 0.3 is 0 Å². The van der Waals surface area contributed by atoms with Gasteiger partial charge in [0.2, 0.25) is 5.76 Å². The minimum atomic E-state index is -0.564. The highest BCUT2D eigenvalue weighted by molar-refractivity contribution is 9.10. The predicted octanol–water partition coefficient (Wildman–Crippen LogP) is 4.92.